The molecular weight excluding hydrogens is 406 g/mol. The molecule has 5 nitrogen and oxygen atoms in total. The molecule has 4 rings (SSSR count). The van der Waals surface area contributed by atoms with Gasteiger partial charge in [0.25, 0.3) is 0 Å². The van der Waals surface area contributed by atoms with E-state index < -0.39 is 0 Å². The van der Waals surface area contributed by atoms with Crippen molar-refractivity contribution in [3.63, 3.8) is 0 Å². The molecule has 0 aliphatic carbocycles. The van der Waals surface area contributed by atoms with Gasteiger partial charge in [-0.25, -0.2) is 0 Å². The maximum absolute atomic E-state index is 12.8. The molecule has 0 bridgehead atoms. The van der Waals surface area contributed by atoms with E-state index >= 15 is 0 Å². The number of aryl methyl sites for hydroxylation is 3. The molecule has 2 heterocycles. The summed E-state index contributed by atoms with van der Waals surface area (Å²) in [6.45, 7) is 7.79. The van der Waals surface area contributed by atoms with Crippen molar-refractivity contribution < 1.29 is 9.53 Å². The van der Waals surface area contributed by atoms with Crippen LogP contribution in [-0.4, -0.2) is 45.2 Å². The number of hydrogen-bond acceptors (Lipinski definition) is 4. The van der Waals surface area contributed by atoms with Crippen LogP contribution in [0.1, 0.15) is 28.8 Å². The van der Waals surface area contributed by atoms with E-state index in [4.69, 9.17) is 9.84 Å². The van der Waals surface area contributed by atoms with Crippen LogP contribution in [0.25, 0.3) is 5.69 Å². The van der Waals surface area contributed by atoms with Gasteiger partial charge >= 0.3 is 0 Å². The fraction of sp³-hybridized carbons (Fsp3) is 0.360. The summed E-state index contributed by atoms with van der Waals surface area (Å²) in [6, 6.07) is 16.1. The van der Waals surface area contributed by atoms with Crippen LogP contribution in [0, 0.1) is 20.8 Å². The summed E-state index contributed by atoms with van der Waals surface area (Å²) in [5, 5.41) is 4.82. The molecule has 162 valence electrons. The van der Waals surface area contributed by atoms with Crippen LogP contribution in [0.2, 0.25) is 0 Å². The fourth-order valence-corrected chi connectivity index (χ4v) is 4.78. The first-order valence-corrected chi connectivity index (χ1v) is 11.9. The number of thioether (sulfide) groups is 1. The van der Waals surface area contributed by atoms with E-state index in [1.165, 1.54) is 0 Å². The second kappa shape index (κ2) is 9.60. The minimum absolute atomic E-state index is 0.213. The highest BCUT2D eigenvalue weighted by Crippen LogP contribution is 2.33. The molecule has 0 spiro atoms. The number of carbonyl (C=O) groups is 1. The van der Waals surface area contributed by atoms with Gasteiger partial charge in [-0.3, -0.25) is 4.79 Å². The van der Waals surface area contributed by atoms with E-state index in [-0.39, 0.29) is 5.91 Å². The van der Waals surface area contributed by atoms with Gasteiger partial charge in [0.2, 0.25) is 11.8 Å². The molecule has 1 aliphatic rings. The number of carbonyl (C=O) groups excluding carboxylic acids is 1. The normalized spacial score (nSPS) is 14.0. The summed E-state index contributed by atoms with van der Waals surface area (Å²) in [4.78, 5) is 14.8. The number of ether oxygens (including phenoxy) is 1. The van der Waals surface area contributed by atoms with E-state index in [9.17, 15) is 4.79 Å². The second-order valence-electron chi connectivity index (χ2n) is 7.93. The Morgan fingerprint density at radius 3 is 2.39 bits per heavy atom. The van der Waals surface area contributed by atoms with Crippen LogP contribution >= 0.6 is 11.8 Å². The van der Waals surface area contributed by atoms with Gasteiger partial charge in [0.1, 0.15) is 5.75 Å². The van der Waals surface area contributed by atoms with Gasteiger partial charge in [0.15, 0.2) is 0 Å². The Morgan fingerprint density at radius 1 is 1.00 bits per heavy atom. The predicted molar refractivity (Wildman–Crippen MR) is 127 cm³/mol. The first kappa shape index (κ1) is 21.5. The van der Waals surface area contributed by atoms with Crippen molar-refractivity contribution >= 4 is 17.7 Å². The van der Waals surface area contributed by atoms with Gasteiger partial charge in [-0.15, -0.1) is 0 Å². The number of para-hydroxylation sites is 2. The zero-order valence-electron chi connectivity index (χ0n) is 18.4. The zero-order chi connectivity index (χ0) is 21.8. The van der Waals surface area contributed by atoms with Crippen molar-refractivity contribution in [1.82, 2.24) is 14.7 Å². The van der Waals surface area contributed by atoms with E-state index in [1.807, 2.05) is 77.7 Å². The largest absolute Gasteiger partial charge is 0.438 e. The third-order valence-electron chi connectivity index (χ3n) is 5.73. The van der Waals surface area contributed by atoms with Crippen LogP contribution in [0.4, 0.5) is 0 Å². The van der Waals surface area contributed by atoms with Gasteiger partial charge < -0.3 is 9.64 Å². The average Bonchev–Trinajstić information content (AvgIpc) is 3.09. The van der Waals surface area contributed by atoms with Crippen LogP contribution in [0.5, 0.6) is 11.6 Å². The number of nitrogens with zero attached hydrogens (tertiary/aromatic N) is 3. The van der Waals surface area contributed by atoms with E-state index in [0.29, 0.717) is 18.7 Å². The standard InChI is InChI=1S/C25H29N3O2S/c1-18-8-4-6-10-22(18)28-25(30-23-11-7-5-9-19(23)2)21(20(3)26-28)12-13-24(29)27-14-16-31-17-15-27/h4-11H,12-17H2,1-3H3. The van der Waals surface area contributed by atoms with Gasteiger partial charge in [0, 0.05) is 36.6 Å². The molecule has 0 atom stereocenters. The van der Waals surface area contributed by atoms with Gasteiger partial charge in [-0.2, -0.15) is 21.5 Å². The molecule has 1 saturated heterocycles. The average molecular weight is 436 g/mol. The lowest BCUT2D eigenvalue weighted by Crippen LogP contribution is -2.38. The Balaban J connectivity index is 1.67. The summed E-state index contributed by atoms with van der Waals surface area (Å²) < 4.78 is 8.34. The molecule has 0 N–H and O–H groups in total. The fourth-order valence-electron chi connectivity index (χ4n) is 3.87. The summed E-state index contributed by atoms with van der Waals surface area (Å²) in [6.07, 6.45) is 1.08. The SMILES string of the molecule is Cc1ccccc1Oc1c(CCC(=O)N2CCSCC2)c(C)nn1-c1ccccc1C. The van der Waals surface area contributed by atoms with E-state index in [0.717, 1.165) is 58.4 Å². The summed E-state index contributed by atoms with van der Waals surface area (Å²) >= 11 is 1.91. The van der Waals surface area contributed by atoms with E-state index in [2.05, 4.69) is 13.0 Å². The molecule has 6 heteroatoms. The van der Waals surface area contributed by atoms with Crippen LogP contribution in [-0.2, 0) is 11.2 Å². The molecule has 3 aromatic rings. The van der Waals surface area contributed by atoms with Crippen molar-refractivity contribution in [3.8, 4) is 17.3 Å². The van der Waals surface area contributed by atoms with E-state index in [1.54, 1.807) is 0 Å². The summed E-state index contributed by atoms with van der Waals surface area (Å²) in [5.41, 5.74) is 5.05. The number of benzene rings is 2. The lowest BCUT2D eigenvalue weighted by Gasteiger charge is -2.26. The number of amides is 1. The number of rotatable bonds is 6. The monoisotopic (exact) mass is 435 g/mol. The highest BCUT2D eigenvalue weighted by Gasteiger charge is 2.23. The highest BCUT2D eigenvalue weighted by molar-refractivity contribution is 7.99. The van der Waals surface area contributed by atoms with Crippen LogP contribution in [0.15, 0.2) is 48.5 Å². The van der Waals surface area contributed by atoms with Crippen molar-refractivity contribution in [2.45, 2.75) is 33.6 Å². The first-order valence-electron chi connectivity index (χ1n) is 10.8. The highest BCUT2D eigenvalue weighted by atomic mass is 32.2. The lowest BCUT2D eigenvalue weighted by molar-refractivity contribution is -0.130. The Bertz CT molecular complexity index is 1070. The topological polar surface area (TPSA) is 47.4 Å². The third-order valence-corrected chi connectivity index (χ3v) is 6.68. The smallest absolute Gasteiger partial charge is 0.226 e. The molecular formula is C25H29N3O2S. The first-order chi connectivity index (χ1) is 15.0. The Kier molecular flexibility index (Phi) is 6.66. The molecule has 1 amide bonds. The third kappa shape index (κ3) is 4.79. The number of hydrogen-bond donors (Lipinski definition) is 0. The van der Waals surface area contributed by atoms with Crippen molar-refractivity contribution in [1.29, 1.82) is 0 Å². The minimum atomic E-state index is 0.213. The quantitative estimate of drug-likeness (QED) is 0.541. The molecule has 2 aromatic carbocycles. The van der Waals surface area contributed by atoms with Crippen molar-refractivity contribution in [2.75, 3.05) is 24.6 Å². The van der Waals surface area contributed by atoms with Crippen LogP contribution in [0.3, 0.4) is 0 Å². The molecule has 0 unspecified atom stereocenters. The molecule has 1 aromatic heterocycles. The van der Waals surface area contributed by atoms with Crippen LogP contribution < -0.4 is 4.74 Å². The van der Waals surface area contributed by atoms with Gasteiger partial charge in [-0.05, 0) is 50.5 Å². The maximum Gasteiger partial charge on any atom is 0.226 e. The second-order valence-corrected chi connectivity index (χ2v) is 9.15. The Morgan fingerprint density at radius 2 is 1.68 bits per heavy atom. The van der Waals surface area contributed by atoms with Gasteiger partial charge in [0.05, 0.1) is 11.4 Å². The number of aromatic nitrogens is 2. The zero-order valence-corrected chi connectivity index (χ0v) is 19.2. The van der Waals surface area contributed by atoms with Gasteiger partial charge in [-0.1, -0.05) is 36.4 Å². The lowest BCUT2D eigenvalue weighted by atomic mass is 10.1. The molecule has 1 aliphatic heterocycles. The Hall–Kier alpha value is -2.73. The molecule has 0 radical (unpaired) electrons. The summed E-state index contributed by atoms with van der Waals surface area (Å²) in [7, 11) is 0. The minimum Gasteiger partial charge on any atom is -0.438 e. The summed E-state index contributed by atoms with van der Waals surface area (Å²) in [5.74, 6) is 3.76. The molecule has 31 heavy (non-hydrogen) atoms. The molecule has 0 saturated carbocycles. The maximum atomic E-state index is 12.8. The predicted octanol–water partition coefficient (Wildman–Crippen LogP) is 5.10. The van der Waals surface area contributed by atoms with Crippen molar-refractivity contribution in [2.24, 2.45) is 0 Å². The molecule has 1 fully saturated rings. The Labute approximate surface area is 188 Å². The van der Waals surface area contributed by atoms with Crippen molar-refractivity contribution in [3.05, 3.63) is 70.9 Å².